The van der Waals surface area contributed by atoms with Crippen LogP contribution < -0.4 is 4.90 Å². The molecule has 2 heteroatoms. The number of para-hydroxylation sites is 2. The van der Waals surface area contributed by atoms with Crippen molar-refractivity contribution in [3.8, 4) is 0 Å². The second-order valence-corrected chi connectivity index (χ2v) is 8.62. The molecule has 0 radical (unpaired) electrons. The van der Waals surface area contributed by atoms with Gasteiger partial charge in [-0.15, -0.1) is 0 Å². The van der Waals surface area contributed by atoms with Crippen molar-refractivity contribution in [2.45, 2.75) is 0 Å². The Morgan fingerprint density at radius 1 is 0.441 bits per heavy atom. The van der Waals surface area contributed by atoms with Gasteiger partial charge in [0.05, 0.1) is 5.69 Å². The summed E-state index contributed by atoms with van der Waals surface area (Å²) in [6.07, 6.45) is 0. The summed E-state index contributed by atoms with van der Waals surface area (Å²) in [5.41, 5.74) is 5.14. The lowest BCUT2D eigenvalue weighted by Gasteiger charge is -2.26. The molecule has 7 aromatic rings. The summed E-state index contributed by atoms with van der Waals surface area (Å²) in [5.74, 6) is 0. The maximum Gasteiger partial charge on any atom is 0.138 e. The van der Waals surface area contributed by atoms with E-state index in [0.717, 1.165) is 33.6 Å². The Labute approximate surface area is 197 Å². The highest BCUT2D eigenvalue weighted by Gasteiger charge is 2.20. The first-order valence-electron chi connectivity index (χ1n) is 11.5. The summed E-state index contributed by atoms with van der Waals surface area (Å²) in [5, 5.41) is 7.12. The molecule has 0 aliphatic heterocycles. The standard InChI is InChI=1S/C32H21NO/c1-3-13-24(14-4-1)33(25-15-5-2-6-16-25)29-21-31-32(27-18-10-9-17-26(27)29)28-19-22-11-7-8-12-23(22)20-30(28)34-31/h1-21H. The van der Waals surface area contributed by atoms with Crippen LogP contribution in [0.5, 0.6) is 0 Å². The molecule has 0 unspecified atom stereocenters. The monoisotopic (exact) mass is 435 g/mol. The summed E-state index contributed by atoms with van der Waals surface area (Å²) in [7, 11) is 0. The molecule has 0 amide bonds. The number of hydrogen-bond donors (Lipinski definition) is 0. The van der Waals surface area contributed by atoms with E-state index in [-0.39, 0.29) is 0 Å². The predicted molar refractivity (Wildman–Crippen MR) is 143 cm³/mol. The van der Waals surface area contributed by atoms with Crippen LogP contribution in [0.2, 0.25) is 0 Å². The molecule has 0 aliphatic rings. The van der Waals surface area contributed by atoms with Gasteiger partial charge in [0.2, 0.25) is 0 Å². The number of hydrogen-bond acceptors (Lipinski definition) is 2. The van der Waals surface area contributed by atoms with Gasteiger partial charge in [0.1, 0.15) is 11.2 Å². The van der Waals surface area contributed by atoms with E-state index in [0.29, 0.717) is 0 Å². The van der Waals surface area contributed by atoms with Gasteiger partial charge in [0, 0.05) is 33.6 Å². The Kier molecular flexibility index (Phi) is 4.18. The zero-order chi connectivity index (χ0) is 22.5. The molecule has 7 rings (SSSR count). The minimum Gasteiger partial charge on any atom is -0.456 e. The fraction of sp³-hybridized carbons (Fsp3) is 0. The van der Waals surface area contributed by atoms with Crippen molar-refractivity contribution in [3.05, 3.63) is 127 Å². The SMILES string of the molecule is c1ccc(N(c2ccccc2)c2cc3oc4cc5ccccc5cc4c3c3ccccc23)cc1. The molecule has 0 spiro atoms. The molecule has 1 aromatic heterocycles. The van der Waals surface area contributed by atoms with Gasteiger partial charge in [-0.1, -0.05) is 84.9 Å². The van der Waals surface area contributed by atoms with Crippen molar-refractivity contribution in [2.24, 2.45) is 0 Å². The van der Waals surface area contributed by atoms with Crippen LogP contribution in [0.15, 0.2) is 132 Å². The van der Waals surface area contributed by atoms with Crippen molar-refractivity contribution in [1.82, 2.24) is 0 Å². The number of anilines is 3. The quantitative estimate of drug-likeness (QED) is 0.275. The third-order valence-electron chi connectivity index (χ3n) is 6.59. The van der Waals surface area contributed by atoms with Gasteiger partial charge in [0.25, 0.3) is 0 Å². The number of furan rings is 1. The Morgan fingerprint density at radius 2 is 1.00 bits per heavy atom. The van der Waals surface area contributed by atoms with E-state index in [1.54, 1.807) is 0 Å². The second kappa shape index (κ2) is 7.50. The molecule has 2 nitrogen and oxygen atoms in total. The highest BCUT2D eigenvalue weighted by molar-refractivity contribution is 6.23. The Balaban J connectivity index is 1.60. The summed E-state index contributed by atoms with van der Waals surface area (Å²) in [4.78, 5) is 2.31. The molecular formula is C32H21NO. The van der Waals surface area contributed by atoms with Crippen molar-refractivity contribution in [1.29, 1.82) is 0 Å². The van der Waals surface area contributed by atoms with Gasteiger partial charge in [-0.25, -0.2) is 0 Å². The largest absolute Gasteiger partial charge is 0.456 e. The molecule has 1 heterocycles. The van der Waals surface area contributed by atoms with Crippen LogP contribution in [0.4, 0.5) is 17.1 Å². The normalized spacial score (nSPS) is 11.5. The van der Waals surface area contributed by atoms with Crippen LogP contribution in [0.1, 0.15) is 0 Å². The van der Waals surface area contributed by atoms with Gasteiger partial charge in [-0.2, -0.15) is 0 Å². The lowest BCUT2D eigenvalue weighted by molar-refractivity contribution is 0.670. The Morgan fingerprint density at radius 3 is 1.68 bits per heavy atom. The summed E-state index contributed by atoms with van der Waals surface area (Å²) < 4.78 is 6.50. The van der Waals surface area contributed by atoms with Crippen molar-refractivity contribution >= 4 is 60.5 Å². The van der Waals surface area contributed by atoms with E-state index >= 15 is 0 Å². The molecule has 0 bridgehead atoms. The van der Waals surface area contributed by atoms with E-state index in [1.807, 2.05) is 0 Å². The fourth-order valence-electron chi connectivity index (χ4n) is 5.07. The van der Waals surface area contributed by atoms with Crippen molar-refractivity contribution < 1.29 is 4.42 Å². The Hall–Kier alpha value is -4.56. The first-order valence-corrected chi connectivity index (χ1v) is 11.5. The van der Waals surface area contributed by atoms with Gasteiger partial charge in [0.15, 0.2) is 0 Å². The predicted octanol–water partition coefficient (Wildman–Crippen LogP) is 9.36. The van der Waals surface area contributed by atoms with Crippen LogP contribution in [0, 0.1) is 0 Å². The molecule has 34 heavy (non-hydrogen) atoms. The van der Waals surface area contributed by atoms with E-state index < -0.39 is 0 Å². The van der Waals surface area contributed by atoms with E-state index in [4.69, 9.17) is 4.42 Å². The number of fused-ring (bicyclic) bond motifs is 6. The molecule has 0 aliphatic carbocycles. The number of rotatable bonds is 3. The van der Waals surface area contributed by atoms with Crippen LogP contribution >= 0.6 is 0 Å². The molecule has 0 saturated carbocycles. The van der Waals surface area contributed by atoms with Crippen LogP contribution in [0.3, 0.4) is 0 Å². The molecule has 6 aromatic carbocycles. The van der Waals surface area contributed by atoms with E-state index in [1.165, 1.54) is 26.9 Å². The smallest absolute Gasteiger partial charge is 0.138 e. The van der Waals surface area contributed by atoms with Gasteiger partial charge >= 0.3 is 0 Å². The van der Waals surface area contributed by atoms with Crippen LogP contribution in [0.25, 0.3) is 43.5 Å². The third-order valence-corrected chi connectivity index (χ3v) is 6.59. The molecular weight excluding hydrogens is 414 g/mol. The maximum atomic E-state index is 6.50. The maximum absolute atomic E-state index is 6.50. The van der Waals surface area contributed by atoms with Crippen molar-refractivity contribution in [2.75, 3.05) is 4.90 Å². The van der Waals surface area contributed by atoms with E-state index in [9.17, 15) is 0 Å². The number of nitrogens with zero attached hydrogens (tertiary/aromatic N) is 1. The second-order valence-electron chi connectivity index (χ2n) is 8.62. The lowest BCUT2D eigenvalue weighted by atomic mass is 9.99. The zero-order valence-electron chi connectivity index (χ0n) is 18.5. The van der Waals surface area contributed by atoms with E-state index in [2.05, 4.69) is 132 Å². The third kappa shape index (κ3) is 2.89. The molecule has 0 N–H and O–H groups in total. The topological polar surface area (TPSA) is 16.4 Å². The summed E-state index contributed by atoms with van der Waals surface area (Å²) in [6, 6.07) is 44.8. The Bertz CT molecular complexity index is 1760. The minimum absolute atomic E-state index is 0.899. The fourth-order valence-corrected chi connectivity index (χ4v) is 5.07. The van der Waals surface area contributed by atoms with Crippen LogP contribution in [-0.2, 0) is 0 Å². The lowest BCUT2D eigenvalue weighted by Crippen LogP contribution is -2.10. The molecule has 0 atom stereocenters. The molecule has 0 saturated heterocycles. The first-order chi connectivity index (χ1) is 16.9. The highest BCUT2D eigenvalue weighted by Crippen LogP contribution is 2.44. The highest BCUT2D eigenvalue weighted by atomic mass is 16.3. The summed E-state index contributed by atoms with van der Waals surface area (Å²) >= 11 is 0. The average molecular weight is 436 g/mol. The minimum atomic E-state index is 0.899. The van der Waals surface area contributed by atoms with Crippen LogP contribution in [-0.4, -0.2) is 0 Å². The number of benzene rings is 6. The zero-order valence-corrected chi connectivity index (χ0v) is 18.5. The van der Waals surface area contributed by atoms with Gasteiger partial charge in [-0.3, -0.25) is 0 Å². The van der Waals surface area contributed by atoms with Gasteiger partial charge in [-0.05, 0) is 52.6 Å². The molecule has 0 fully saturated rings. The summed E-state index contributed by atoms with van der Waals surface area (Å²) in [6.45, 7) is 0. The first kappa shape index (κ1) is 19.0. The average Bonchev–Trinajstić information content (AvgIpc) is 3.26. The molecule has 160 valence electrons. The van der Waals surface area contributed by atoms with Gasteiger partial charge < -0.3 is 9.32 Å². The van der Waals surface area contributed by atoms with Crippen molar-refractivity contribution in [3.63, 3.8) is 0 Å².